The van der Waals surface area contributed by atoms with Crippen molar-refractivity contribution in [3.05, 3.63) is 42.3 Å². The molecule has 0 aliphatic carbocycles. The highest BCUT2D eigenvalue weighted by Gasteiger charge is 2.15. The number of ketones is 1. The van der Waals surface area contributed by atoms with Crippen molar-refractivity contribution in [2.75, 3.05) is 5.75 Å². The van der Waals surface area contributed by atoms with Crippen LogP contribution in [0.1, 0.15) is 45.1 Å². The van der Waals surface area contributed by atoms with Crippen LogP contribution in [0.3, 0.4) is 0 Å². The number of benzene rings is 1. The minimum Gasteiger partial charge on any atom is -0.445 e. The second kappa shape index (κ2) is 8.94. The lowest BCUT2D eigenvalue weighted by atomic mass is 10.0. The Hall–Kier alpha value is -1.95. The lowest BCUT2D eigenvalue weighted by Crippen LogP contribution is -2.17. The molecule has 2 rings (SSSR count). The Morgan fingerprint density at radius 2 is 1.84 bits per heavy atom. The van der Waals surface area contributed by atoms with Crippen LogP contribution >= 0.6 is 0 Å². The van der Waals surface area contributed by atoms with Gasteiger partial charge in [0.05, 0.1) is 17.2 Å². The molecule has 2 aromatic rings. The zero-order chi connectivity index (χ0) is 18.3. The number of hydrogen-bond donors (Lipinski definition) is 0. The van der Waals surface area contributed by atoms with Gasteiger partial charge in [0.2, 0.25) is 5.89 Å². The lowest BCUT2D eigenvalue weighted by Gasteiger charge is -2.07. The number of carbonyl (C=O) groups excluding carboxylic acids is 1. The number of Topliss-reactive ketones (excluding diaryl/α,β-unsaturated/α-hetero) is 1. The maximum absolute atomic E-state index is 12.0. The van der Waals surface area contributed by atoms with E-state index < -0.39 is 9.84 Å². The van der Waals surface area contributed by atoms with Crippen LogP contribution in [-0.2, 0) is 21.1 Å². The van der Waals surface area contributed by atoms with Crippen LogP contribution in [0.15, 0.2) is 41.1 Å². The molecule has 0 saturated carbocycles. The number of rotatable bonds is 10. The normalized spacial score (nSPS) is 11.8. The molecule has 5 nitrogen and oxygen atoms in total. The van der Waals surface area contributed by atoms with Gasteiger partial charge in [-0.25, -0.2) is 13.4 Å². The van der Waals surface area contributed by atoms with Gasteiger partial charge >= 0.3 is 0 Å². The van der Waals surface area contributed by atoms with Crippen molar-refractivity contribution in [1.82, 2.24) is 4.98 Å². The largest absolute Gasteiger partial charge is 0.445 e. The number of sulfone groups is 1. The van der Waals surface area contributed by atoms with Gasteiger partial charge in [0.25, 0.3) is 0 Å². The minimum absolute atomic E-state index is 0.176. The molecule has 0 aliphatic heterocycles. The van der Waals surface area contributed by atoms with E-state index in [-0.39, 0.29) is 16.8 Å². The zero-order valence-corrected chi connectivity index (χ0v) is 15.6. The van der Waals surface area contributed by atoms with Crippen LogP contribution in [0.25, 0.3) is 11.5 Å². The molecule has 0 bridgehead atoms. The van der Waals surface area contributed by atoms with Gasteiger partial charge in [0, 0.05) is 18.4 Å². The van der Waals surface area contributed by atoms with E-state index in [2.05, 4.69) is 4.98 Å². The van der Waals surface area contributed by atoms with E-state index in [9.17, 15) is 13.2 Å². The molecule has 0 aliphatic rings. The fraction of sp³-hybridized carbons (Fsp3) is 0.474. The van der Waals surface area contributed by atoms with E-state index in [1.54, 1.807) is 20.0 Å². The first-order chi connectivity index (χ1) is 11.9. The monoisotopic (exact) mass is 363 g/mol. The molecule has 25 heavy (non-hydrogen) atoms. The van der Waals surface area contributed by atoms with E-state index in [1.807, 2.05) is 24.3 Å². The molecule has 0 unspecified atom stereocenters. The molecule has 6 heteroatoms. The molecule has 0 fully saturated rings. The zero-order valence-electron chi connectivity index (χ0n) is 14.8. The third kappa shape index (κ3) is 6.12. The van der Waals surface area contributed by atoms with Gasteiger partial charge in [-0.3, -0.25) is 4.79 Å². The van der Waals surface area contributed by atoms with Gasteiger partial charge < -0.3 is 4.42 Å². The van der Waals surface area contributed by atoms with E-state index in [0.29, 0.717) is 25.2 Å². The number of nitrogens with zero attached hydrogens (tertiary/aromatic N) is 1. The quantitative estimate of drug-likeness (QED) is 0.599. The Morgan fingerprint density at radius 1 is 1.12 bits per heavy atom. The first-order valence-corrected chi connectivity index (χ1v) is 10.3. The SMILES string of the molecule is CC(C)S(=O)(=O)CCCCCC(=O)Cc1ccc(-c2ncco2)cc1. The van der Waals surface area contributed by atoms with Crippen molar-refractivity contribution in [3.8, 4) is 11.5 Å². The molecular weight excluding hydrogens is 338 g/mol. The fourth-order valence-electron chi connectivity index (χ4n) is 2.49. The summed E-state index contributed by atoms with van der Waals surface area (Å²) in [5.41, 5.74) is 1.84. The average Bonchev–Trinajstić information content (AvgIpc) is 3.09. The second-order valence-corrected chi connectivity index (χ2v) is 9.15. The molecule has 1 heterocycles. The molecule has 0 atom stereocenters. The fourth-order valence-corrected chi connectivity index (χ4v) is 3.56. The number of hydrogen-bond acceptors (Lipinski definition) is 5. The van der Waals surface area contributed by atoms with Gasteiger partial charge in [-0.05, 0) is 44.4 Å². The van der Waals surface area contributed by atoms with Crippen LogP contribution in [0.5, 0.6) is 0 Å². The topological polar surface area (TPSA) is 77.2 Å². The maximum Gasteiger partial charge on any atom is 0.225 e. The van der Waals surface area contributed by atoms with E-state index in [0.717, 1.165) is 24.0 Å². The summed E-state index contributed by atoms with van der Waals surface area (Å²) in [5.74, 6) is 0.950. The molecule has 0 radical (unpaired) electrons. The Kier molecular flexibility index (Phi) is 6.93. The summed E-state index contributed by atoms with van der Waals surface area (Å²) >= 11 is 0. The molecule has 136 valence electrons. The molecule has 0 spiro atoms. The lowest BCUT2D eigenvalue weighted by molar-refractivity contribution is -0.118. The smallest absolute Gasteiger partial charge is 0.225 e. The minimum atomic E-state index is -2.97. The molecule has 0 amide bonds. The van der Waals surface area contributed by atoms with Crippen LogP contribution in [0.2, 0.25) is 0 Å². The number of unbranched alkanes of at least 4 members (excludes halogenated alkanes) is 2. The number of carbonyl (C=O) groups is 1. The third-order valence-corrected chi connectivity index (χ3v) is 6.43. The van der Waals surface area contributed by atoms with Gasteiger partial charge in [-0.1, -0.05) is 18.6 Å². The summed E-state index contributed by atoms with van der Waals surface area (Å²) in [6.07, 6.45) is 6.14. The van der Waals surface area contributed by atoms with Gasteiger partial charge in [-0.15, -0.1) is 0 Å². The van der Waals surface area contributed by atoms with Crippen molar-refractivity contribution >= 4 is 15.6 Å². The third-order valence-electron chi connectivity index (χ3n) is 4.14. The standard InChI is InChI=1S/C19H25NO4S/c1-15(2)25(22,23)13-5-3-4-6-18(21)14-16-7-9-17(10-8-16)19-20-11-12-24-19/h7-12,15H,3-6,13-14H2,1-2H3. The van der Waals surface area contributed by atoms with Crippen molar-refractivity contribution in [3.63, 3.8) is 0 Å². The number of aromatic nitrogens is 1. The summed E-state index contributed by atoms with van der Waals surface area (Å²) in [4.78, 5) is 16.1. The first-order valence-electron chi connectivity index (χ1n) is 8.60. The summed E-state index contributed by atoms with van der Waals surface area (Å²) in [7, 11) is -2.97. The first kappa shape index (κ1) is 19.4. The molecule has 0 saturated heterocycles. The van der Waals surface area contributed by atoms with Crippen LogP contribution < -0.4 is 0 Å². The second-order valence-electron chi connectivity index (χ2n) is 6.48. The summed E-state index contributed by atoms with van der Waals surface area (Å²) in [6, 6.07) is 7.61. The highest BCUT2D eigenvalue weighted by Crippen LogP contribution is 2.18. The Morgan fingerprint density at radius 3 is 2.44 bits per heavy atom. The highest BCUT2D eigenvalue weighted by atomic mass is 32.2. The van der Waals surface area contributed by atoms with Crippen molar-refractivity contribution < 1.29 is 17.6 Å². The van der Waals surface area contributed by atoms with Gasteiger partial charge in [0.1, 0.15) is 12.0 Å². The van der Waals surface area contributed by atoms with Crippen LogP contribution in [0, 0.1) is 0 Å². The van der Waals surface area contributed by atoms with Gasteiger partial charge in [-0.2, -0.15) is 0 Å². The maximum atomic E-state index is 12.0. The van der Waals surface area contributed by atoms with E-state index >= 15 is 0 Å². The molecule has 1 aromatic carbocycles. The van der Waals surface area contributed by atoms with E-state index in [4.69, 9.17) is 4.42 Å². The van der Waals surface area contributed by atoms with Gasteiger partial charge in [0.15, 0.2) is 9.84 Å². The predicted molar refractivity (Wildman–Crippen MR) is 98.0 cm³/mol. The molecular formula is C19H25NO4S. The predicted octanol–water partition coefficient (Wildman–Crippen LogP) is 3.84. The number of oxazole rings is 1. The van der Waals surface area contributed by atoms with E-state index in [1.165, 1.54) is 6.26 Å². The van der Waals surface area contributed by atoms with Crippen molar-refractivity contribution in [1.29, 1.82) is 0 Å². The summed E-state index contributed by atoms with van der Waals surface area (Å²) in [6.45, 7) is 3.40. The Balaban J connectivity index is 1.70. The van der Waals surface area contributed by atoms with Crippen molar-refractivity contribution in [2.45, 2.75) is 51.2 Å². The highest BCUT2D eigenvalue weighted by molar-refractivity contribution is 7.91. The Labute approximate surface area is 149 Å². The summed E-state index contributed by atoms with van der Waals surface area (Å²) in [5, 5.41) is -0.325. The summed E-state index contributed by atoms with van der Waals surface area (Å²) < 4.78 is 28.6. The molecule has 1 aromatic heterocycles. The van der Waals surface area contributed by atoms with Crippen LogP contribution in [-0.4, -0.2) is 30.2 Å². The van der Waals surface area contributed by atoms with Crippen LogP contribution in [0.4, 0.5) is 0 Å². The van der Waals surface area contributed by atoms with Crippen molar-refractivity contribution in [2.24, 2.45) is 0 Å². The Bertz CT molecular complexity index is 762. The molecule has 0 N–H and O–H groups in total. The average molecular weight is 363 g/mol.